The lowest BCUT2D eigenvalue weighted by Crippen LogP contribution is -2.45. The number of nitrogens with zero attached hydrogens (tertiary/aromatic N) is 5. The molecule has 2 aromatic carbocycles. The van der Waals surface area contributed by atoms with Gasteiger partial charge in [-0.3, -0.25) is 9.48 Å². The van der Waals surface area contributed by atoms with Gasteiger partial charge in [0.2, 0.25) is 5.91 Å². The second-order valence-electron chi connectivity index (χ2n) is 14.2. The van der Waals surface area contributed by atoms with Crippen molar-refractivity contribution in [3.8, 4) is 10.6 Å². The van der Waals surface area contributed by atoms with E-state index in [1.165, 1.54) is 35.6 Å². The van der Waals surface area contributed by atoms with Crippen LogP contribution >= 0.6 is 34.5 Å². The number of thiophene rings is 1. The quantitative estimate of drug-likeness (QED) is 0.149. The van der Waals surface area contributed by atoms with Crippen LogP contribution in [0.5, 0.6) is 0 Å². The summed E-state index contributed by atoms with van der Waals surface area (Å²) in [5.74, 6) is -2.97. The lowest BCUT2D eigenvalue weighted by molar-refractivity contribution is -0.192. The van der Waals surface area contributed by atoms with Gasteiger partial charge in [0, 0.05) is 38.3 Å². The molecule has 2 aliphatic rings. The van der Waals surface area contributed by atoms with E-state index >= 15 is 0 Å². The Morgan fingerprint density at radius 3 is 2.08 bits per heavy atom. The zero-order valence-electron chi connectivity index (χ0n) is 31.4. The minimum Gasteiger partial charge on any atom is -0.475 e. The second-order valence-corrected chi connectivity index (χ2v) is 18.3. The van der Waals surface area contributed by atoms with Crippen molar-refractivity contribution in [2.75, 3.05) is 44.2 Å². The molecule has 1 N–H and O–H groups in total. The Morgan fingerprint density at radius 1 is 0.898 bits per heavy atom. The van der Waals surface area contributed by atoms with Crippen molar-refractivity contribution in [1.29, 1.82) is 0 Å². The fourth-order valence-corrected chi connectivity index (χ4v) is 10.2. The number of alkyl halides is 6. The Kier molecular flexibility index (Phi) is 15.2. The van der Waals surface area contributed by atoms with Crippen LogP contribution in [0.15, 0.2) is 64.9 Å². The standard InChI is InChI=1S/C36H39Cl2F4N5O3S2.C2HF3O2/c1-44-31(23-33(43-44)36(40,41)42)32-9-10-34(51-32)52(49,50)46-19-13-26(14-20-46)35(48)47(28-7-8-29(37)30(38)22-28)16-2-15-45-17-11-25(12-18-45)21-24-3-5-27(39)6-4-24;3-2(4,5)1(6)7/h3-10,22-23,25-26H,2,11-21H2,1H3;(H,6,7). The highest BCUT2D eigenvalue weighted by Crippen LogP contribution is 2.37. The maximum absolute atomic E-state index is 14.1. The predicted octanol–water partition coefficient (Wildman–Crippen LogP) is 9.03. The summed E-state index contributed by atoms with van der Waals surface area (Å²) >= 11 is 13.4. The lowest BCUT2D eigenvalue weighted by Gasteiger charge is -2.35. The van der Waals surface area contributed by atoms with Crippen LogP contribution in [0.3, 0.4) is 0 Å². The molecule has 0 saturated carbocycles. The predicted molar refractivity (Wildman–Crippen MR) is 209 cm³/mol. The Balaban J connectivity index is 0.000000867. The maximum atomic E-state index is 14.1. The second kappa shape index (κ2) is 19.3. The number of aliphatic carboxylic acids is 1. The molecule has 0 aliphatic carbocycles. The maximum Gasteiger partial charge on any atom is 0.490 e. The molecule has 1 amide bonds. The first-order chi connectivity index (χ1) is 27.6. The van der Waals surface area contributed by atoms with Crippen LogP contribution in [-0.2, 0) is 39.3 Å². The molecule has 0 bridgehead atoms. The summed E-state index contributed by atoms with van der Waals surface area (Å²) in [4.78, 5) is 27.4. The number of likely N-dealkylation sites (tertiary alicyclic amines) is 1. The van der Waals surface area contributed by atoms with Crippen molar-refractivity contribution >= 4 is 62.1 Å². The molecule has 0 atom stereocenters. The van der Waals surface area contributed by atoms with E-state index in [0.29, 0.717) is 45.9 Å². The molecule has 0 spiro atoms. The van der Waals surface area contributed by atoms with Crippen LogP contribution in [0.1, 0.15) is 43.4 Å². The first-order valence-corrected chi connectivity index (χ1v) is 21.4. The number of piperidine rings is 2. The Morgan fingerprint density at radius 2 is 1.53 bits per heavy atom. The molecule has 2 fully saturated rings. The van der Waals surface area contributed by atoms with E-state index in [1.54, 1.807) is 23.1 Å². The molecule has 4 aromatic rings. The fourth-order valence-electron chi connectivity index (χ4n) is 6.96. The number of sulfonamides is 1. The van der Waals surface area contributed by atoms with E-state index in [4.69, 9.17) is 33.1 Å². The average Bonchev–Trinajstić information content (AvgIpc) is 3.84. The molecule has 0 unspecified atom stereocenters. The Bertz CT molecular complexity index is 2180. The molecule has 4 heterocycles. The zero-order chi connectivity index (χ0) is 43.3. The summed E-state index contributed by atoms with van der Waals surface area (Å²) in [6.45, 7) is 3.40. The van der Waals surface area contributed by atoms with E-state index in [-0.39, 0.29) is 34.7 Å². The third-order valence-corrected chi connectivity index (χ3v) is 14.3. The Labute approximate surface area is 350 Å². The minimum atomic E-state index is -5.08. The molecule has 6 rings (SSSR count). The summed E-state index contributed by atoms with van der Waals surface area (Å²) < 4.78 is 114. The SMILES string of the molecule is Cn1nc(C(F)(F)F)cc1-c1ccc(S(=O)(=O)N2CCC(C(=O)N(CCCN3CCC(Cc4ccc(F)cc4)CC3)c3ccc(Cl)c(Cl)c3)CC2)s1.O=C(O)C(F)(F)F. The first kappa shape index (κ1) is 46.3. The molecule has 2 aromatic heterocycles. The molecular formula is C38H40Cl2F7N5O5S2. The number of carboxylic acids is 1. The third kappa shape index (κ3) is 12.2. The monoisotopic (exact) mass is 913 g/mol. The van der Waals surface area contributed by atoms with Gasteiger partial charge in [-0.2, -0.15) is 35.7 Å². The van der Waals surface area contributed by atoms with E-state index in [9.17, 15) is 43.9 Å². The van der Waals surface area contributed by atoms with Crippen LogP contribution < -0.4 is 4.90 Å². The van der Waals surface area contributed by atoms with Gasteiger partial charge in [0.05, 0.1) is 20.6 Å². The van der Waals surface area contributed by atoms with Gasteiger partial charge < -0.3 is 14.9 Å². The number of amides is 1. The summed E-state index contributed by atoms with van der Waals surface area (Å²) in [5.41, 5.74) is 0.884. The number of anilines is 1. The van der Waals surface area contributed by atoms with Crippen molar-refractivity contribution in [2.24, 2.45) is 18.9 Å². The van der Waals surface area contributed by atoms with Gasteiger partial charge in [0.15, 0.2) is 5.69 Å². The van der Waals surface area contributed by atoms with Crippen LogP contribution in [0.4, 0.5) is 36.4 Å². The molecule has 59 heavy (non-hydrogen) atoms. The highest BCUT2D eigenvalue weighted by atomic mass is 35.5. The van der Waals surface area contributed by atoms with E-state index in [0.717, 1.165) is 73.0 Å². The van der Waals surface area contributed by atoms with Crippen LogP contribution in [-0.4, -0.2) is 89.8 Å². The number of aryl methyl sites for hydroxylation is 1. The fraction of sp³-hybridized carbons (Fsp3) is 0.447. The summed E-state index contributed by atoms with van der Waals surface area (Å²) in [7, 11) is -2.57. The van der Waals surface area contributed by atoms with Gasteiger partial charge >= 0.3 is 18.3 Å². The zero-order valence-corrected chi connectivity index (χ0v) is 34.6. The number of aromatic nitrogens is 2. The summed E-state index contributed by atoms with van der Waals surface area (Å²) in [6, 6.07) is 15.6. The van der Waals surface area contributed by atoms with Crippen LogP contribution in [0, 0.1) is 17.7 Å². The summed E-state index contributed by atoms with van der Waals surface area (Å²) in [6.07, 6.45) is -5.33. The smallest absolute Gasteiger partial charge is 0.475 e. The van der Waals surface area contributed by atoms with Crippen molar-refractivity contribution in [2.45, 2.75) is 55.1 Å². The summed E-state index contributed by atoms with van der Waals surface area (Å²) in [5, 5.41) is 11.4. The van der Waals surface area contributed by atoms with Gasteiger partial charge in [0.25, 0.3) is 10.0 Å². The van der Waals surface area contributed by atoms with Crippen LogP contribution in [0.2, 0.25) is 10.0 Å². The third-order valence-electron chi connectivity index (χ3n) is 10.1. The van der Waals surface area contributed by atoms with Gasteiger partial charge in [-0.25, -0.2) is 17.6 Å². The first-order valence-electron chi connectivity index (χ1n) is 18.4. The molecule has 0 radical (unpaired) electrons. The number of carboxylic acid groups (broad SMARTS) is 1. The van der Waals surface area contributed by atoms with Crippen molar-refractivity contribution in [1.82, 2.24) is 19.0 Å². The van der Waals surface area contributed by atoms with Crippen molar-refractivity contribution < 1.29 is 53.8 Å². The number of hydrogen-bond acceptors (Lipinski definition) is 7. The number of carbonyl (C=O) groups is 2. The minimum absolute atomic E-state index is 0.0129. The highest BCUT2D eigenvalue weighted by molar-refractivity contribution is 7.91. The number of carbonyl (C=O) groups excluding carboxylic acids is 1. The van der Waals surface area contributed by atoms with Crippen molar-refractivity contribution in [3.63, 3.8) is 0 Å². The van der Waals surface area contributed by atoms with Gasteiger partial charge in [-0.05, 0) is 118 Å². The lowest BCUT2D eigenvalue weighted by atomic mass is 9.90. The number of hydrogen-bond donors (Lipinski definition) is 1. The van der Waals surface area contributed by atoms with E-state index in [1.807, 2.05) is 12.1 Å². The Hall–Kier alpha value is -3.75. The van der Waals surface area contributed by atoms with Gasteiger partial charge in [0.1, 0.15) is 10.0 Å². The van der Waals surface area contributed by atoms with E-state index < -0.39 is 40.0 Å². The largest absolute Gasteiger partial charge is 0.490 e. The molecule has 21 heteroatoms. The molecular weight excluding hydrogens is 874 g/mol. The average molecular weight is 915 g/mol. The topological polar surface area (TPSA) is 116 Å². The molecule has 2 aliphatic heterocycles. The molecule has 322 valence electrons. The number of benzene rings is 2. The highest BCUT2D eigenvalue weighted by Gasteiger charge is 2.39. The van der Waals surface area contributed by atoms with E-state index in [2.05, 4.69) is 10.00 Å². The number of rotatable bonds is 11. The van der Waals surface area contributed by atoms with Gasteiger partial charge in [-0.1, -0.05) is 35.3 Å². The van der Waals surface area contributed by atoms with Crippen LogP contribution in [0.25, 0.3) is 10.6 Å². The number of halogens is 9. The van der Waals surface area contributed by atoms with Gasteiger partial charge in [-0.15, -0.1) is 11.3 Å². The molecule has 10 nitrogen and oxygen atoms in total. The normalized spacial score (nSPS) is 16.4. The van der Waals surface area contributed by atoms with Crippen molar-refractivity contribution in [3.05, 3.63) is 87.8 Å². The molecule has 2 saturated heterocycles.